The van der Waals surface area contributed by atoms with Gasteiger partial charge in [-0.1, -0.05) is 142 Å². The van der Waals surface area contributed by atoms with Crippen molar-refractivity contribution in [3.05, 3.63) is 71.8 Å². The van der Waals surface area contributed by atoms with E-state index in [9.17, 15) is 62.6 Å². The normalized spacial score (nSPS) is 18.4. The average molecular weight is 1310 g/mol. The van der Waals surface area contributed by atoms with Crippen molar-refractivity contribution in [3.8, 4) is 0 Å². The van der Waals surface area contributed by atoms with Gasteiger partial charge >= 0.3 is 0 Å². The Balaban J connectivity index is 1.57. The summed E-state index contributed by atoms with van der Waals surface area (Å²) in [4.78, 5) is 174. The minimum Gasteiger partial charge on any atom is -0.391 e. The molecule has 1 saturated heterocycles. The van der Waals surface area contributed by atoms with Gasteiger partial charge in [-0.05, 0) is 106 Å². The molecule has 1 aliphatic carbocycles. The van der Waals surface area contributed by atoms with Crippen LogP contribution in [0.3, 0.4) is 0 Å². The maximum atomic E-state index is 14.9. The zero-order chi connectivity index (χ0) is 70.1. The van der Waals surface area contributed by atoms with Crippen LogP contribution < -0.4 is 31.9 Å². The molecule has 23 nitrogen and oxygen atoms in total. The Hall–Kier alpha value is -7.56. The maximum Gasteiger partial charge on any atom is 0.245 e. The van der Waals surface area contributed by atoms with Gasteiger partial charge in [-0.25, -0.2) is 0 Å². The van der Waals surface area contributed by atoms with E-state index in [1.807, 2.05) is 85.7 Å². The first-order chi connectivity index (χ1) is 44.4. The Labute approximate surface area is 557 Å². The Kier molecular flexibility index (Phi) is 32.5. The number of hydrogen-bond acceptors (Lipinski definition) is 13. The fourth-order valence-corrected chi connectivity index (χ4v) is 12.8. The monoisotopic (exact) mass is 1310 g/mol. The van der Waals surface area contributed by atoms with Crippen LogP contribution in [0.15, 0.2) is 60.7 Å². The Bertz CT molecular complexity index is 2850. The molecule has 2 fully saturated rings. The molecule has 2 unspecified atom stereocenters. The lowest BCUT2D eigenvalue weighted by atomic mass is 9.74. The third-order valence-electron chi connectivity index (χ3n) is 18.5. The summed E-state index contributed by atoms with van der Waals surface area (Å²) in [5.41, 5.74) is 1.49. The molecule has 0 aromatic heterocycles. The SMILES string of the molecule is CC[C@H](C)[C@@H](C(=O)NCC(=O)N(C)[C@@H](CC(C)C)C(=O)N[C@H](C(=O)C1CCCC[C@H]1C(=O)N[C@H](Cc1ccccc1)C(=O)N[C@@H](CC(=O)N(C)[C@@H](C)C(=O)N[C@H](Cc1ccccc1)C(=O)C(C)CC(C)C)C(=O)N1CCCCC1)[C@@H](C)O)N(C)C(=O)[C@H](CC(C)C)NC=O. The summed E-state index contributed by atoms with van der Waals surface area (Å²) in [6.07, 6.45) is 3.89. The molecule has 4 rings (SSSR count). The van der Waals surface area contributed by atoms with Crippen molar-refractivity contribution in [3.63, 3.8) is 0 Å². The van der Waals surface area contributed by atoms with E-state index in [4.69, 9.17) is 0 Å². The first kappa shape index (κ1) is 78.9. The fourth-order valence-electron chi connectivity index (χ4n) is 12.8. The summed E-state index contributed by atoms with van der Waals surface area (Å²) in [6, 6.07) is 8.73. The Morgan fingerprint density at radius 1 is 0.574 bits per heavy atom. The molecule has 2 aliphatic rings. The van der Waals surface area contributed by atoms with Crippen LogP contribution in [0.2, 0.25) is 0 Å². The second-order valence-electron chi connectivity index (χ2n) is 27.5. The number of aliphatic hydroxyl groups is 1. The van der Waals surface area contributed by atoms with Crippen LogP contribution in [0, 0.1) is 41.4 Å². The van der Waals surface area contributed by atoms with Crippen molar-refractivity contribution >= 4 is 71.1 Å². The number of likely N-dealkylation sites (N-methyl/N-ethyl adjacent to an activating group) is 3. The molecular formula is C71H110N10O13. The Morgan fingerprint density at radius 3 is 1.65 bits per heavy atom. The number of nitrogens with zero attached hydrogens (tertiary/aromatic N) is 4. The number of piperidine rings is 1. The molecule has 1 aliphatic heterocycles. The lowest BCUT2D eigenvalue weighted by molar-refractivity contribution is -0.145. The number of nitrogens with one attached hydrogen (secondary N) is 6. The molecule has 0 spiro atoms. The summed E-state index contributed by atoms with van der Waals surface area (Å²) in [5, 5.41) is 27.8. The predicted molar refractivity (Wildman–Crippen MR) is 359 cm³/mol. The number of aliphatic hydroxyl groups excluding tert-OH is 1. The molecule has 0 bridgehead atoms. The lowest BCUT2D eigenvalue weighted by Gasteiger charge is -2.36. The summed E-state index contributed by atoms with van der Waals surface area (Å²) < 4.78 is 0. The van der Waals surface area contributed by atoms with Gasteiger partial charge in [0, 0.05) is 58.4 Å². The van der Waals surface area contributed by atoms with E-state index in [1.54, 1.807) is 42.2 Å². The number of Topliss-reactive ketones (excluding diaryl/α,β-unsaturated/α-hetero) is 2. The Morgan fingerprint density at radius 2 is 1.12 bits per heavy atom. The second kappa shape index (κ2) is 38.7. The zero-order valence-corrected chi connectivity index (χ0v) is 58.2. The van der Waals surface area contributed by atoms with Crippen LogP contribution in [0.25, 0.3) is 0 Å². The van der Waals surface area contributed by atoms with Gasteiger partial charge < -0.3 is 56.6 Å². The second-order valence-corrected chi connectivity index (χ2v) is 27.5. The summed E-state index contributed by atoms with van der Waals surface area (Å²) >= 11 is 0. The first-order valence-corrected chi connectivity index (χ1v) is 34.0. The zero-order valence-electron chi connectivity index (χ0n) is 58.2. The van der Waals surface area contributed by atoms with Crippen LogP contribution in [-0.4, -0.2) is 191 Å². The molecule has 1 heterocycles. The van der Waals surface area contributed by atoms with Crippen molar-refractivity contribution in [1.29, 1.82) is 0 Å². The van der Waals surface area contributed by atoms with E-state index < -0.39 is 138 Å². The van der Waals surface area contributed by atoms with Crippen LogP contribution in [0.4, 0.5) is 0 Å². The van der Waals surface area contributed by atoms with Crippen molar-refractivity contribution < 1.29 is 62.6 Å². The number of carbonyl (C=O) groups excluding carboxylic acids is 12. The number of ketones is 2. The molecule has 522 valence electrons. The summed E-state index contributed by atoms with van der Waals surface area (Å²) in [5.74, 6) is -9.19. The van der Waals surface area contributed by atoms with Gasteiger partial charge in [-0.2, -0.15) is 0 Å². The van der Waals surface area contributed by atoms with Crippen molar-refractivity contribution in [2.24, 2.45) is 41.4 Å². The average Bonchev–Trinajstić information content (AvgIpc) is 0.834. The van der Waals surface area contributed by atoms with Gasteiger partial charge in [-0.15, -0.1) is 0 Å². The van der Waals surface area contributed by atoms with Gasteiger partial charge in [-0.3, -0.25) is 57.5 Å². The topological polar surface area (TPSA) is 310 Å². The lowest BCUT2D eigenvalue weighted by Crippen LogP contribution is -2.59. The minimum absolute atomic E-state index is 0.0479. The molecule has 0 radical (unpaired) electrons. The molecule has 23 heteroatoms. The van der Waals surface area contributed by atoms with Crippen LogP contribution in [-0.2, 0) is 70.4 Å². The molecule has 1 saturated carbocycles. The van der Waals surface area contributed by atoms with Gasteiger partial charge in [0.2, 0.25) is 59.6 Å². The van der Waals surface area contributed by atoms with Crippen LogP contribution in [0.1, 0.15) is 164 Å². The number of amides is 10. The van der Waals surface area contributed by atoms with Crippen molar-refractivity contribution in [2.45, 2.75) is 220 Å². The van der Waals surface area contributed by atoms with Crippen molar-refractivity contribution in [1.82, 2.24) is 51.5 Å². The van der Waals surface area contributed by atoms with E-state index in [0.717, 1.165) is 16.9 Å². The molecule has 10 amide bonds. The van der Waals surface area contributed by atoms with Crippen LogP contribution in [0.5, 0.6) is 0 Å². The third kappa shape index (κ3) is 23.7. The highest BCUT2D eigenvalue weighted by Crippen LogP contribution is 2.33. The highest BCUT2D eigenvalue weighted by atomic mass is 16.3. The standard InChI is InChI=1S/C71H110N10O13/c1-15-46(8)62(80(14)70(93)56(73-42-82)36-44(4)5)69(92)72-41-60(85)79(13)58(37-45(6)7)68(91)77-61(49(11)83)64(87)52-31-23-24-32-53(52)66(89)75-55(39-51-29-21-17-22-30-51)67(90)76-57(71(94)81-33-25-18-26-34-81)40-59(84)78(12)48(10)65(88)74-54(38-50-27-19-16-20-28-50)63(86)47(9)35-43(2)3/h16-17,19-22,27-30,42-49,52-58,61-62,83H,15,18,23-26,31-41H2,1-14H3,(H,72,92)(H,73,82)(H,74,88)(H,75,89)(H,76,90)(H,77,91)/t46-,47?,48-,49+,52?,53+,54+,55+,56-,57-,58-,61-,62-/m0/s1. The van der Waals surface area contributed by atoms with E-state index in [0.29, 0.717) is 70.0 Å². The van der Waals surface area contributed by atoms with Gasteiger partial charge in [0.1, 0.15) is 42.3 Å². The van der Waals surface area contributed by atoms with Crippen LogP contribution >= 0.6 is 0 Å². The smallest absolute Gasteiger partial charge is 0.245 e. The quantitative estimate of drug-likeness (QED) is 0.0452. The maximum absolute atomic E-state index is 14.9. The van der Waals surface area contributed by atoms with E-state index in [1.165, 1.54) is 44.8 Å². The van der Waals surface area contributed by atoms with Gasteiger partial charge in [0.25, 0.3) is 0 Å². The summed E-state index contributed by atoms with van der Waals surface area (Å²) in [6.45, 7) is 20.1. The molecule has 2 aromatic rings. The van der Waals surface area contributed by atoms with Gasteiger partial charge in [0.05, 0.1) is 25.1 Å². The molecule has 13 atom stereocenters. The first-order valence-electron chi connectivity index (χ1n) is 34.0. The van der Waals surface area contributed by atoms with Gasteiger partial charge in [0.15, 0.2) is 11.6 Å². The number of rotatable bonds is 37. The summed E-state index contributed by atoms with van der Waals surface area (Å²) in [7, 11) is 4.29. The number of carbonyl (C=O) groups is 12. The highest BCUT2D eigenvalue weighted by molar-refractivity contribution is 6.00. The number of likely N-dealkylation sites (tertiary alicyclic amines) is 1. The molecule has 7 N–H and O–H groups in total. The minimum atomic E-state index is -1.55. The molecule has 94 heavy (non-hydrogen) atoms. The third-order valence-corrected chi connectivity index (χ3v) is 18.5. The van der Waals surface area contributed by atoms with E-state index in [-0.39, 0.29) is 67.5 Å². The largest absolute Gasteiger partial charge is 0.391 e. The highest BCUT2D eigenvalue weighted by Gasteiger charge is 2.44. The van der Waals surface area contributed by atoms with E-state index in [2.05, 4.69) is 31.9 Å². The molecule has 2 aromatic carbocycles. The van der Waals surface area contributed by atoms with Crippen molar-refractivity contribution in [2.75, 3.05) is 40.8 Å². The predicted octanol–water partition coefficient (Wildman–Crippen LogP) is 4.69. The molecular weight excluding hydrogens is 1200 g/mol. The number of benzene rings is 2. The number of hydrogen-bond donors (Lipinski definition) is 7. The van der Waals surface area contributed by atoms with E-state index >= 15 is 0 Å². The fraction of sp³-hybridized carbons (Fsp3) is 0.662.